The van der Waals surface area contributed by atoms with Gasteiger partial charge in [-0.15, -0.1) is 0 Å². The molecule has 134 valence electrons. The first-order chi connectivity index (χ1) is 12.1. The van der Waals surface area contributed by atoms with Crippen LogP contribution >= 0.6 is 0 Å². The van der Waals surface area contributed by atoms with Gasteiger partial charge in [-0.2, -0.15) is 0 Å². The van der Waals surface area contributed by atoms with Crippen LogP contribution in [-0.2, 0) is 11.3 Å². The van der Waals surface area contributed by atoms with Gasteiger partial charge in [0, 0.05) is 38.5 Å². The number of pyridine rings is 1. The molecule has 7 heteroatoms. The maximum atomic E-state index is 13.5. The number of hydrogen-bond acceptors (Lipinski definition) is 6. The molecule has 0 bridgehead atoms. The summed E-state index contributed by atoms with van der Waals surface area (Å²) in [5.41, 5.74) is 0.862. The Kier molecular flexibility index (Phi) is 4.43. The Hall–Kier alpha value is -1.99. The van der Waals surface area contributed by atoms with Gasteiger partial charge in [-0.05, 0) is 37.8 Å². The zero-order chi connectivity index (χ0) is 17.3. The van der Waals surface area contributed by atoms with Crippen molar-refractivity contribution in [1.82, 2.24) is 15.0 Å². The molecule has 0 radical (unpaired) electrons. The van der Waals surface area contributed by atoms with Crippen LogP contribution in [-0.4, -0.2) is 46.9 Å². The van der Waals surface area contributed by atoms with Crippen molar-refractivity contribution < 1.29 is 18.4 Å². The Morgan fingerprint density at radius 3 is 3.08 bits per heavy atom. The highest BCUT2D eigenvalue weighted by Gasteiger charge is 2.52. The van der Waals surface area contributed by atoms with Gasteiger partial charge in [0.15, 0.2) is 5.82 Å². The molecule has 2 fully saturated rings. The quantitative estimate of drug-likeness (QED) is 0.800. The molecule has 0 amide bonds. The average molecular weight is 347 g/mol. The van der Waals surface area contributed by atoms with E-state index in [1.54, 1.807) is 6.07 Å². The molecule has 2 aliphatic heterocycles. The van der Waals surface area contributed by atoms with Crippen LogP contribution in [0.1, 0.15) is 24.3 Å². The Bertz CT molecular complexity index is 730. The SMILES string of the molecule is Cc1cc(CN2CC3(C2)OCC[C@@H]3CCOc2ncccc2F)no1. The van der Waals surface area contributed by atoms with Crippen LogP contribution in [0.2, 0.25) is 0 Å². The number of aryl methyl sites for hydroxylation is 1. The largest absolute Gasteiger partial charge is 0.476 e. The first-order valence-electron chi connectivity index (χ1n) is 8.66. The molecule has 1 spiro atoms. The van der Waals surface area contributed by atoms with Crippen LogP contribution in [0.15, 0.2) is 28.9 Å². The molecule has 25 heavy (non-hydrogen) atoms. The van der Waals surface area contributed by atoms with E-state index in [-0.39, 0.29) is 11.5 Å². The molecule has 6 nitrogen and oxygen atoms in total. The van der Waals surface area contributed by atoms with Crippen molar-refractivity contribution >= 4 is 0 Å². The summed E-state index contributed by atoms with van der Waals surface area (Å²) in [7, 11) is 0. The second-order valence-corrected chi connectivity index (χ2v) is 6.90. The molecule has 0 saturated carbocycles. The number of halogens is 1. The first-order valence-corrected chi connectivity index (χ1v) is 8.66. The zero-order valence-corrected chi connectivity index (χ0v) is 14.3. The molecule has 2 aromatic rings. The highest BCUT2D eigenvalue weighted by atomic mass is 19.1. The number of rotatable bonds is 6. The summed E-state index contributed by atoms with van der Waals surface area (Å²) < 4.78 is 30.2. The smallest absolute Gasteiger partial charge is 0.250 e. The van der Waals surface area contributed by atoms with Gasteiger partial charge in [-0.3, -0.25) is 4.90 Å². The molecule has 2 aliphatic rings. The van der Waals surface area contributed by atoms with Gasteiger partial charge >= 0.3 is 0 Å². The molecule has 0 N–H and O–H groups in total. The average Bonchev–Trinajstić information content (AvgIpc) is 3.16. The van der Waals surface area contributed by atoms with Gasteiger partial charge in [0.1, 0.15) is 5.76 Å². The van der Waals surface area contributed by atoms with E-state index in [9.17, 15) is 4.39 Å². The van der Waals surface area contributed by atoms with E-state index in [0.717, 1.165) is 50.5 Å². The summed E-state index contributed by atoms with van der Waals surface area (Å²) in [6, 6.07) is 4.88. The standard InChI is InChI=1S/C18H22FN3O3/c1-13-9-15(21-25-13)10-22-11-18(12-22)14(5-8-24-18)4-7-23-17-16(19)3-2-6-20-17/h2-3,6,9,14H,4-5,7-8,10-12H2,1H3/t14-/m0/s1. The Labute approximate surface area is 145 Å². The summed E-state index contributed by atoms with van der Waals surface area (Å²) in [5.74, 6) is 0.915. The summed E-state index contributed by atoms with van der Waals surface area (Å²) in [4.78, 5) is 6.24. The molecule has 1 atom stereocenters. The molecule has 0 unspecified atom stereocenters. The van der Waals surface area contributed by atoms with E-state index in [0.29, 0.717) is 12.5 Å². The highest BCUT2D eigenvalue weighted by Crippen LogP contribution is 2.42. The summed E-state index contributed by atoms with van der Waals surface area (Å²) in [6.45, 7) is 5.69. The van der Waals surface area contributed by atoms with Crippen molar-refractivity contribution in [3.8, 4) is 5.88 Å². The van der Waals surface area contributed by atoms with Crippen LogP contribution in [0.3, 0.4) is 0 Å². The van der Waals surface area contributed by atoms with E-state index in [4.69, 9.17) is 14.0 Å². The number of hydrogen-bond donors (Lipinski definition) is 0. The predicted molar refractivity (Wildman–Crippen MR) is 87.6 cm³/mol. The topological polar surface area (TPSA) is 60.6 Å². The van der Waals surface area contributed by atoms with Crippen molar-refractivity contribution in [2.45, 2.75) is 31.9 Å². The van der Waals surface area contributed by atoms with Gasteiger partial charge in [0.25, 0.3) is 0 Å². The zero-order valence-electron chi connectivity index (χ0n) is 14.3. The van der Waals surface area contributed by atoms with Crippen molar-refractivity contribution in [2.75, 3.05) is 26.3 Å². The fraction of sp³-hybridized carbons (Fsp3) is 0.556. The van der Waals surface area contributed by atoms with Crippen LogP contribution in [0.25, 0.3) is 0 Å². The second-order valence-electron chi connectivity index (χ2n) is 6.90. The Morgan fingerprint density at radius 1 is 1.44 bits per heavy atom. The number of nitrogens with zero attached hydrogens (tertiary/aromatic N) is 3. The van der Waals surface area contributed by atoms with E-state index < -0.39 is 5.82 Å². The van der Waals surface area contributed by atoms with Gasteiger partial charge in [0.2, 0.25) is 5.88 Å². The minimum absolute atomic E-state index is 0.0760. The third kappa shape index (κ3) is 3.39. The Morgan fingerprint density at radius 2 is 2.32 bits per heavy atom. The van der Waals surface area contributed by atoms with E-state index >= 15 is 0 Å². The second kappa shape index (κ2) is 6.72. The lowest BCUT2D eigenvalue weighted by atomic mass is 9.79. The van der Waals surface area contributed by atoms with Gasteiger partial charge in [0.05, 0.1) is 17.9 Å². The lowest BCUT2D eigenvalue weighted by molar-refractivity contribution is -0.138. The fourth-order valence-electron chi connectivity index (χ4n) is 3.86. The lowest BCUT2D eigenvalue weighted by Gasteiger charge is -2.50. The van der Waals surface area contributed by atoms with Crippen molar-refractivity contribution in [2.24, 2.45) is 5.92 Å². The normalized spacial score (nSPS) is 22.2. The molecule has 0 aliphatic carbocycles. The summed E-state index contributed by atoms with van der Waals surface area (Å²) >= 11 is 0. The molecule has 2 aromatic heterocycles. The Balaban J connectivity index is 1.27. The monoisotopic (exact) mass is 347 g/mol. The van der Waals surface area contributed by atoms with E-state index in [1.165, 1.54) is 12.3 Å². The van der Waals surface area contributed by atoms with Gasteiger partial charge in [-0.25, -0.2) is 9.37 Å². The molecule has 4 rings (SSSR count). The van der Waals surface area contributed by atoms with E-state index in [1.807, 2.05) is 13.0 Å². The molecular weight excluding hydrogens is 325 g/mol. The minimum Gasteiger partial charge on any atom is -0.476 e. The fourth-order valence-corrected chi connectivity index (χ4v) is 3.86. The number of aromatic nitrogens is 2. The number of likely N-dealkylation sites (tertiary alicyclic amines) is 1. The maximum absolute atomic E-state index is 13.5. The predicted octanol–water partition coefficient (Wildman–Crippen LogP) is 2.58. The van der Waals surface area contributed by atoms with Crippen molar-refractivity contribution in [3.63, 3.8) is 0 Å². The lowest BCUT2D eigenvalue weighted by Crippen LogP contribution is -2.64. The van der Waals surface area contributed by atoms with Gasteiger partial charge in [-0.1, -0.05) is 5.16 Å². The van der Waals surface area contributed by atoms with E-state index in [2.05, 4.69) is 15.0 Å². The van der Waals surface area contributed by atoms with Crippen LogP contribution < -0.4 is 4.74 Å². The highest BCUT2D eigenvalue weighted by molar-refractivity contribution is 5.13. The molecule has 2 saturated heterocycles. The molecule has 0 aromatic carbocycles. The van der Waals surface area contributed by atoms with Crippen molar-refractivity contribution in [3.05, 3.63) is 41.7 Å². The minimum atomic E-state index is -0.419. The summed E-state index contributed by atoms with van der Waals surface area (Å²) in [6.07, 6.45) is 3.39. The molecular formula is C18H22FN3O3. The summed E-state index contributed by atoms with van der Waals surface area (Å²) in [5, 5.41) is 4.04. The van der Waals surface area contributed by atoms with Gasteiger partial charge < -0.3 is 14.0 Å². The molecule has 4 heterocycles. The first kappa shape index (κ1) is 16.5. The van der Waals surface area contributed by atoms with Crippen LogP contribution in [0.4, 0.5) is 4.39 Å². The third-order valence-electron chi connectivity index (χ3n) is 5.07. The van der Waals surface area contributed by atoms with Crippen LogP contribution in [0, 0.1) is 18.7 Å². The number of ether oxygens (including phenoxy) is 2. The maximum Gasteiger partial charge on any atom is 0.250 e. The third-order valence-corrected chi connectivity index (χ3v) is 5.07. The van der Waals surface area contributed by atoms with Crippen LogP contribution in [0.5, 0.6) is 5.88 Å². The van der Waals surface area contributed by atoms with Crippen molar-refractivity contribution in [1.29, 1.82) is 0 Å².